The van der Waals surface area contributed by atoms with E-state index in [1.54, 1.807) is 0 Å². The molecule has 0 aliphatic carbocycles. The molecule has 0 aromatic rings. The van der Waals surface area contributed by atoms with Crippen LogP contribution in [0.25, 0.3) is 0 Å². The van der Waals surface area contributed by atoms with Gasteiger partial charge in [0.15, 0.2) is 0 Å². The Balaban J connectivity index is 4.93. The van der Waals surface area contributed by atoms with Crippen molar-refractivity contribution >= 4 is 5.97 Å². The Morgan fingerprint density at radius 3 is 2.33 bits per heavy atom. The van der Waals surface area contributed by atoms with Gasteiger partial charge >= 0.3 is 5.97 Å². The number of carbonyl (C=O) groups excluding carboxylic acids is 1. The topological polar surface area (TPSA) is 44.8 Å². The first kappa shape index (κ1) is 20.3. The molecule has 0 radical (unpaired) electrons. The highest BCUT2D eigenvalue weighted by Gasteiger charge is 2.36. The van der Waals surface area contributed by atoms with E-state index in [0.29, 0.717) is 19.2 Å². The third-order valence-corrected chi connectivity index (χ3v) is 3.67. The van der Waals surface area contributed by atoms with Crippen molar-refractivity contribution in [3.05, 3.63) is 0 Å². The molecule has 0 aromatic heterocycles. The van der Waals surface area contributed by atoms with E-state index in [-0.39, 0.29) is 5.97 Å². The standard InChI is InChI=1S/C16H35N3O2/c1-8-11-17-16(5,15(20)21-10-3)13-19(9-2)14(4)12-18(6)7/h14,17H,8-13H2,1-7H3. The number of nitrogens with zero attached hydrogens (tertiary/aromatic N) is 2. The second-order valence-electron chi connectivity index (χ2n) is 6.15. The van der Waals surface area contributed by atoms with Crippen LogP contribution in [0, 0.1) is 0 Å². The van der Waals surface area contributed by atoms with Crippen molar-refractivity contribution in [1.29, 1.82) is 0 Å². The van der Waals surface area contributed by atoms with Crippen LogP contribution in [-0.2, 0) is 9.53 Å². The summed E-state index contributed by atoms with van der Waals surface area (Å²) in [5.74, 6) is -0.158. The Kier molecular flexibility index (Phi) is 9.83. The van der Waals surface area contributed by atoms with Gasteiger partial charge in [-0.2, -0.15) is 0 Å². The van der Waals surface area contributed by atoms with Crippen LogP contribution >= 0.6 is 0 Å². The van der Waals surface area contributed by atoms with Crippen molar-refractivity contribution < 1.29 is 9.53 Å². The molecule has 0 aromatic carbocycles. The number of likely N-dealkylation sites (N-methyl/N-ethyl adjacent to an activating group) is 2. The second-order valence-corrected chi connectivity index (χ2v) is 6.15. The summed E-state index contributed by atoms with van der Waals surface area (Å²) < 4.78 is 5.27. The molecule has 0 heterocycles. The van der Waals surface area contributed by atoms with Crippen molar-refractivity contribution in [3.8, 4) is 0 Å². The van der Waals surface area contributed by atoms with E-state index >= 15 is 0 Å². The summed E-state index contributed by atoms with van der Waals surface area (Å²) in [6.45, 7) is 14.0. The average Bonchev–Trinajstić information content (AvgIpc) is 2.42. The zero-order valence-electron chi connectivity index (χ0n) is 15.0. The van der Waals surface area contributed by atoms with Crippen LogP contribution in [0.5, 0.6) is 0 Å². The van der Waals surface area contributed by atoms with E-state index in [9.17, 15) is 4.79 Å². The van der Waals surface area contributed by atoms with Crippen molar-refractivity contribution in [3.63, 3.8) is 0 Å². The van der Waals surface area contributed by atoms with Crippen LogP contribution < -0.4 is 5.32 Å². The lowest BCUT2D eigenvalue weighted by atomic mass is 10.00. The Bertz CT molecular complexity index is 297. The third-order valence-electron chi connectivity index (χ3n) is 3.67. The van der Waals surface area contributed by atoms with Crippen LogP contribution in [-0.4, -0.2) is 74.2 Å². The molecular weight excluding hydrogens is 266 g/mol. The summed E-state index contributed by atoms with van der Waals surface area (Å²) in [5.41, 5.74) is -0.650. The van der Waals surface area contributed by atoms with Crippen molar-refractivity contribution in [2.24, 2.45) is 0 Å². The summed E-state index contributed by atoms with van der Waals surface area (Å²) in [7, 11) is 4.15. The molecule has 2 atom stereocenters. The molecule has 0 saturated heterocycles. The van der Waals surface area contributed by atoms with Gasteiger partial charge in [0.05, 0.1) is 6.61 Å². The largest absolute Gasteiger partial charge is 0.465 e. The van der Waals surface area contributed by atoms with Gasteiger partial charge in [0.2, 0.25) is 0 Å². The summed E-state index contributed by atoms with van der Waals surface area (Å²) in [5, 5.41) is 3.37. The van der Waals surface area contributed by atoms with E-state index in [1.807, 2.05) is 13.8 Å². The van der Waals surface area contributed by atoms with Gasteiger partial charge in [0, 0.05) is 19.1 Å². The molecule has 0 rings (SSSR count). The van der Waals surface area contributed by atoms with E-state index in [0.717, 1.165) is 26.1 Å². The minimum absolute atomic E-state index is 0.158. The fourth-order valence-corrected chi connectivity index (χ4v) is 2.51. The Labute approximate surface area is 131 Å². The molecule has 0 amide bonds. The number of hydrogen-bond donors (Lipinski definition) is 1. The zero-order chi connectivity index (χ0) is 16.5. The van der Waals surface area contributed by atoms with Gasteiger partial charge in [-0.25, -0.2) is 0 Å². The van der Waals surface area contributed by atoms with Gasteiger partial charge in [-0.3, -0.25) is 9.69 Å². The monoisotopic (exact) mass is 301 g/mol. The summed E-state index contributed by atoms with van der Waals surface area (Å²) in [6, 6.07) is 0.391. The van der Waals surface area contributed by atoms with Crippen molar-refractivity contribution in [1.82, 2.24) is 15.1 Å². The van der Waals surface area contributed by atoms with Gasteiger partial charge in [0.1, 0.15) is 5.54 Å². The molecule has 0 fully saturated rings. The van der Waals surface area contributed by atoms with Gasteiger partial charge in [-0.1, -0.05) is 13.8 Å². The lowest BCUT2D eigenvalue weighted by molar-refractivity contribution is -0.151. The highest BCUT2D eigenvalue weighted by molar-refractivity contribution is 5.80. The van der Waals surface area contributed by atoms with E-state index < -0.39 is 5.54 Å². The number of esters is 1. The molecule has 5 nitrogen and oxygen atoms in total. The molecular formula is C16H35N3O2. The molecule has 21 heavy (non-hydrogen) atoms. The molecule has 0 aliphatic heterocycles. The van der Waals surface area contributed by atoms with Crippen LogP contribution in [0.4, 0.5) is 0 Å². The minimum atomic E-state index is -0.650. The maximum atomic E-state index is 12.3. The molecule has 126 valence electrons. The van der Waals surface area contributed by atoms with Crippen molar-refractivity contribution in [2.45, 2.75) is 52.6 Å². The van der Waals surface area contributed by atoms with Gasteiger partial charge in [-0.05, 0) is 54.4 Å². The molecule has 0 bridgehead atoms. The lowest BCUT2D eigenvalue weighted by Gasteiger charge is -2.37. The smallest absolute Gasteiger partial charge is 0.327 e. The lowest BCUT2D eigenvalue weighted by Crippen LogP contribution is -2.59. The predicted molar refractivity (Wildman–Crippen MR) is 88.6 cm³/mol. The van der Waals surface area contributed by atoms with Gasteiger partial charge < -0.3 is 15.0 Å². The van der Waals surface area contributed by atoms with Gasteiger partial charge in [-0.15, -0.1) is 0 Å². The van der Waals surface area contributed by atoms with E-state index in [2.05, 4.69) is 50.0 Å². The minimum Gasteiger partial charge on any atom is -0.465 e. The number of nitrogens with one attached hydrogen (secondary N) is 1. The number of carbonyl (C=O) groups is 1. The first-order valence-corrected chi connectivity index (χ1v) is 8.11. The van der Waals surface area contributed by atoms with Crippen LogP contribution in [0.2, 0.25) is 0 Å². The zero-order valence-corrected chi connectivity index (χ0v) is 15.0. The molecule has 0 saturated carbocycles. The third kappa shape index (κ3) is 7.25. The highest BCUT2D eigenvalue weighted by Crippen LogP contribution is 2.13. The molecule has 5 heteroatoms. The maximum absolute atomic E-state index is 12.3. The fraction of sp³-hybridized carbons (Fsp3) is 0.938. The van der Waals surface area contributed by atoms with E-state index in [4.69, 9.17) is 4.74 Å². The summed E-state index contributed by atoms with van der Waals surface area (Å²) in [6.07, 6.45) is 0.994. The van der Waals surface area contributed by atoms with E-state index in [1.165, 1.54) is 0 Å². The van der Waals surface area contributed by atoms with Crippen LogP contribution in [0.3, 0.4) is 0 Å². The SMILES string of the molecule is CCCNC(C)(CN(CC)C(C)CN(C)C)C(=O)OCC. The van der Waals surface area contributed by atoms with Crippen LogP contribution in [0.1, 0.15) is 41.0 Å². The summed E-state index contributed by atoms with van der Waals surface area (Å²) >= 11 is 0. The molecule has 2 unspecified atom stereocenters. The van der Waals surface area contributed by atoms with Crippen molar-refractivity contribution in [2.75, 3.05) is 46.9 Å². The number of rotatable bonds is 11. The highest BCUT2D eigenvalue weighted by atomic mass is 16.5. The Morgan fingerprint density at radius 1 is 1.29 bits per heavy atom. The number of ether oxygens (including phenoxy) is 1. The first-order valence-electron chi connectivity index (χ1n) is 8.11. The fourth-order valence-electron chi connectivity index (χ4n) is 2.51. The Hall–Kier alpha value is -0.650. The molecule has 0 aliphatic rings. The first-order chi connectivity index (χ1) is 9.80. The quantitative estimate of drug-likeness (QED) is 0.587. The Morgan fingerprint density at radius 2 is 1.90 bits per heavy atom. The average molecular weight is 301 g/mol. The molecule has 0 spiro atoms. The number of hydrogen-bond acceptors (Lipinski definition) is 5. The van der Waals surface area contributed by atoms with Crippen LogP contribution in [0.15, 0.2) is 0 Å². The second kappa shape index (κ2) is 10.1. The normalized spacial score (nSPS) is 16.0. The molecule has 1 N–H and O–H groups in total. The maximum Gasteiger partial charge on any atom is 0.327 e. The predicted octanol–water partition coefficient (Wildman–Crippen LogP) is 1.58. The summed E-state index contributed by atoms with van der Waals surface area (Å²) in [4.78, 5) is 16.9. The van der Waals surface area contributed by atoms with Gasteiger partial charge in [0.25, 0.3) is 0 Å².